The molecule has 0 saturated carbocycles. The summed E-state index contributed by atoms with van der Waals surface area (Å²) in [5.74, 6) is 2.96. The van der Waals surface area contributed by atoms with E-state index in [1.54, 1.807) is 0 Å². The summed E-state index contributed by atoms with van der Waals surface area (Å²) in [7, 11) is 0. The fourth-order valence-corrected chi connectivity index (χ4v) is 2.57. The minimum atomic E-state index is 0.331. The van der Waals surface area contributed by atoms with Crippen molar-refractivity contribution in [1.29, 1.82) is 0 Å². The lowest BCUT2D eigenvalue weighted by Crippen LogP contribution is -2.35. The van der Waals surface area contributed by atoms with Gasteiger partial charge in [-0.05, 0) is 30.6 Å². The third kappa shape index (κ3) is 4.99. The Morgan fingerprint density at radius 2 is 1.36 bits per heavy atom. The minimum Gasteiger partial charge on any atom is -0.328 e. The number of rotatable bonds is 6. The molecule has 0 aliphatic carbocycles. The molecular formula is C13H29N. The Morgan fingerprint density at radius 1 is 0.857 bits per heavy atom. The van der Waals surface area contributed by atoms with Gasteiger partial charge in [0, 0.05) is 6.04 Å². The van der Waals surface area contributed by atoms with Crippen molar-refractivity contribution in [2.45, 2.75) is 60.4 Å². The van der Waals surface area contributed by atoms with Gasteiger partial charge in [0.2, 0.25) is 0 Å². The summed E-state index contributed by atoms with van der Waals surface area (Å²) in [5, 5.41) is 0. The molecule has 3 unspecified atom stereocenters. The predicted molar refractivity (Wildman–Crippen MR) is 65.2 cm³/mol. The molecule has 0 aliphatic rings. The van der Waals surface area contributed by atoms with Crippen molar-refractivity contribution < 1.29 is 0 Å². The summed E-state index contributed by atoms with van der Waals surface area (Å²) >= 11 is 0. The maximum absolute atomic E-state index is 6.04. The van der Waals surface area contributed by atoms with E-state index in [4.69, 9.17) is 5.73 Å². The van der Waals surface area contributed by atoms with Crippen molar-refractivity contribution in [2.75, 3.05) is 0 Å². The number of hydrogen-bond acceptors (Lipinski definition) is 1. The molecule has 0 aliphatic heterocycles. The Kier molecular flexibility index (Phi) is 6.43. The maximum Gasteiger partial charge on any atom is 0.00437 e. The van der Waals surface area contributed by atoms with Crippen molar-refractivity contribution in [3.8, 4) is 0 Å². The van der Waals surface area contributed by atoms with E-state index in [-0.39, 0.29) is 0 Å². The first kappa shape index (κ1) is 14.0. The lowest BCUT2D eigenvalue weighted by molar-refractivity contribution is 0.214. The topological polar surface area (TPSA) is 26.0 Å². The molecule has 1 heteroatoms. The van der Waals surface area contributed by atoms with Crippen LogP contribution in [0.2, 0.25) is 0 Å². The van der Waals surface area contributed by atoms with Crippen LogP contribution in [0.25, 0.3) is 0 Å². The molecule has 0 saturated heterocycles. The molecule has 86 valence electrons. The molecule has 0 aromatic heterocycles. The highest BCUT2D eigenvalue weighted by atomic mass is 14.6. The quantitative estimate of drug-likeness (QED) is 0.694. The van der Waals surface area contributed by atoms with Gasteiger partial charge < -0.3 is 5.73 Å². The fourth-order valence-electron chi connectivity index (χ4n) is 2.57. The second-order valence-electron chi connectivity index (χ2n) is 5.63. The van der Waals surface area contributed by atoms with Gasteiger partial charge in [-0.25, -0.2) is 0 Å². The highest BCUT2D eigenvalue weighted by Gasteiger charge is 2.24. The average Bonchev–Trinajstić information content (AvgIpc) is 1.99. The van der Waals surface area contributed by atoms with Crippen molar-refractivity contribution >= 4 is 0 Å². The van der Waals surface area contributed by atoms with Crippen molar-refractivity contribution in [1.82, 2.24) is 0 Å². The van der Waals surface area contributed by atoms with E-state index in [1.807, 2.05) is 0 Å². The van der Waals surface area contributed by atoms with Gasteiger partial charge in [-0.1, -0.05) is 47.5 Å². The Labute approximate surface area is 90.5 Å². The van der Waals surface area contributed by atoms with E-state index < -0.39 is 0 Å². The van der Waals surface area contributed by atoms with Crippen LogP contribution in [0.5, 0.6) is 0 Å². The zero-order valence-corrected chi connectivity index (χ0v) is 10.9. The molecule has 14 heavy (non-hydrogen) atoms. The van der Waals surface area contributed by atoms with Gasteiger partial charge in [-0.3, -0.25) is 0 Å². The summed E-state index contributed by atoms with van der Waals surface area (Å²) in [6.45, 7) is 13.7. The minimum absolute atomic E-state index is 0.331. The van der Waals surface area contributed by atoms with E-state index in [2.05, 4.69) is 41.5 Å². The van der Waals surface area contributed by atoms with Crippen molar-refractivity contribution in [3.63, 3.8) is 0 Å². The molecule has 1 nitrogen and oxygen atoms in total. The monoisotopic (exact) mass is 199 g/mol. The third-order valence-corrected chi connectivity index (χ3v) is 3.23. The zero-order chi connectivity index (χ0) is 11.3. The molecule has 0 heterocycles. The van der Waals surface area contributed by atoms with Crippen LogP contribution >= 0.6 is 0 Å². The van der Waals surface area contributed by atoms with Gasteiger partial charge in [0.1, 0.15) is 0 Å². The third-order valence-electron chi connectivity index (χ3n) is 3.23. The maximum atomic E-state index is 6.04. The number of hydrogen-bond donors (Lipinski definition) is 1. The summed E-state index contributed by atoms with van der Waals surface area (Å²) in [6.07, 6.45) is 2.65. The second kappa shape index (κ2) is 6.44. The Hall–Kier alpha value is -0.0400. The first-order chi connectivity index (χ1) is 6.36. The van der Waals surface area contributed by atoms with Crippen molar-refractivity contribution in [2.24, 2.45) is 29.4 Å². The Balaban J connectivity index is 4.09. The molecule has 0 aromatic rings. The van der Waals surface area contributed by atoms with Crippen LogP contribution in [0.1, 0.15) is 54.4 Å². The lowest BCUT2D eigenvalue weighted by atomic mass is 9.77. The molecule has 0 fully saturated rings. The molecular weight excluding hydrogens is 170 g/mol. The molecule has 3 atom stereocenters. The Morgan fingerprint density at radius 3 is 1.64 bits per heavy atom. The van der Waals surface area contributed by atoms with E-state index in [1.165, 1.54) is 12.8 Å². The van der Waals surface area contributed by atoms with Crippen LogP contribution in [0.3, 0.4) is 0 Å². The SMILES string of the molecule is CC(C)CCC(C)C(C(C)C)C(C)N. The van der Waals surface area contributed by atoms with Crippen molar-refractivity contribution in [3.05, 3.63) is 0 Å². The smallest absolute Gasteiger partial charge is 0.00437 e. The van der Waals surface area contributed by atoms with Crippen LogP contribution in [0, 0.1) is 23.7 Å². The van der Waals surface area contributed by atoms with Crippen LogP contribution in [-0.2, 0) is 0 Å². The second-order valence-corrected chi connectivity index (χ2v) is 5.63. The predicted octanol–water partition coefficient (Wildman–Crippen LogP) is 3.68. The Bertz CT molecular complexity index is 130. The zero-order valence-electron chi connectivity index (χ0n) is 10.9. The van der Waals surface area contributed by atoms with Gasteiger partial charge in [0.05, 0.1) is 0 Å². The molecule has 2 N–H and O–H groups in total. The highest BCUT2D eigenvalue weighted by Crippen LogP contribution is 2.28. The van der Waals surface area contributed by atoms with Crippen LogP contribution in [0.4, 0.5) is 0 Å². The van der Waals surface area contributed by atoms with Gasteiger partial charge in [0.15, 0.2) is 0 Å². The highest BCUT2D eigenvalue weighted by molar-refractivity contribution is 4.77. The largest absolute Gasteiger partial charge is 0.328 e. The standard InChI is InChI=1S/C13H29N/c1-9(2)7-8-11(5)13(10(3)4)12(6)14/h9-13H,7-8,14H2,1-6H3. The summed E-state index contributed by atoms with van der Waals surface area (Å²) in [4.78, 5) is 0. The average molecular weight is 199 g/mol. The van der Waals surface area contributed by atoms with Gasteiger partial charge >= 0.3 is 0 Å². The molecule has 0 aromatic carbocycles. The first-order valence-electron chi connectivity index (χ1n) is 6.11. The summed E-state index contributed by atoms with van der Waals surface area (Å²) in [5.41, 5.74) is 6.04. The van der Waals surface area contributed by atoms with Gasteiger partial charge in [0.25, 0.3) is 0 Å². The van der Waals surface area contributed by atoms with E-state index >= 15 is 0 Å². The van der Waals surface area contributed by atoms with E-state index in [0.29, 0.717) is 17.9 Å². The fraction of sp³-hybridized carbons (Fsp3) is 1.00. The molecule has 0 rings (SSSR count). The van der Waals surface area contributed by atoms with Crippen LogP contribution in [-0.4, -0.2) is 6.04 Å². The van der Waals surface area contributed by atoms with Crippen LogP contribution < -0.4 is 5.73 Å². The molecule has 0 radical (unpaired) electrons. The number of nitrogens with two attached hydrogens (primary N) is 1. The first-order valence-corrected chi connectivity index (χ1v) is 6.11. The molecule has 0 bridgehead atoms. The molecule has 0 amide bonds. The van der Waals surface area contributed by atoms with E-state index in [9.17, 15) is 0 Å². The van der Waals surface area contributed by atoms with E-state index in [0.717, 1.165) is 11.8 Å². The summed E-state index contributed by atoms with van der Waals surface area (Å²) in [6, 6.07) is 0.331. The molecule has 0 spiro atoms. The van der Waals surface area contributed by atoms with Gasteiger partial charge in [-0.15, -0.1) is 0 Å². The normalized spacial score (nSPS) is 18.6. The summed E-state index contributed by atoms with van der Waals surface area (Å²) < 4.78 is 0. The lowest BCUT2D eigenvalue weighted by Gasteiger charge is -2.31. The van der Waals surface area contributed by atoms with Gasteiger partial charge in [-0.2, -0.15) is 0 Å². The van der Waals surface area contributed by atoms with Crippen LogP contribution in [0.15, 0.2) is 0 Å².